The molecule has 0 radical (unpaired) electrons. The summed E-state index contributed by atoms with van der Waals surface area (Å²) in [4.78, 5) is 29.2. The number of nitrogens with zero attached hydrogens (tertiary/aromatic N) is 3. The smallest absolute Gasteiger partial charge is 0.271 e. The summed E-state index contributed by atoms with van der Waals surface area (Å²) in [6, 6.07) is 0. The maximum absolute atomic E-state index is 12.0. The molecular formula is C11H11N5O2S2. The van der Waals surface area contributed by atoms with Gasteiger partial charge in [-0.2, -0.15) is 0 Å². The van der Waals surface area contributed by atoms with Crippen molar-refractivity contribution in [2.45, 2.75) is 19.8 Å². The van der Waals surface area contributed by atoms with Crippen LogP contribution < -0.4 is 10.6 Å². The number of carbonyl (C=O) groups is 2. The van der Waals surface area contributed by atoms with E-state index < -0.39 is 0 Å². The first-order valence-corrected chi connectivity index (χ1v) is 7.62. The highest BCUT2D eigenvalue weighted by Gasteiger charge is 2.22. The molecule has 7 nitrogen and oxygen atoms in total. The molecule has 0 aliphatic carbocycles. The van der Waals surface area contributed by atoms with E-state index in [-0.39, 0.29) is 11.8 Å². The molecule has 2 N–H and O–H groups in total. The van der Waals surface area contributed by atoms with Gasteiger partial charge in [-0.25, -0.2) is 4.98 Å². The van der Waals surface area contributed by atoms with Crippen LogP contribution in [-0.2, 0) is 6.42 Å². The zero-order valence-corrected chi connectivity index (χ0v) is 12.2. The molecule has 0 unspecified atom stereocenters. The normalized spacial score (nSPS) is 14.3. The average Bonchev–Trinajstić information content (AvgIpc) is 2.97. The Morgan fingerprint density at radius 1 is 1.45 bits per heavy atom. The third-order valence-corrected chi connectivity index (χ3v) is 4.70. The Morgan fingerprint density at radius 2 is 2.30 bits per heavy atom. The fourth-order valence-corrected chi connectivity index (χ4v) is 3.36. The van der Waals surface area contributed by atoms with Gasteiger partial charge in [0, 0.05) is 6.54 Å². The number of hydrogen-bond donors (Lipinski definition) is 2. The van der Waals surface area contributed by atoms with E-state index in [4.69, 9.17) is 0 Å². The van der Waals surface area contributed by atoms with Gasteiger partial charge in [-0.1, -0.05) is 15.8 Å². The van der Waals surface area contributed by atoms with Gasteiger partial charge < -0.3 is 5.32 Å². The molecule has 104 valence electrons. The van der Waals surface area contributed by atoms with Crippen molar-refractivity contribution in [1.29, 1.82) is 0 Å². The summed E-state index contributed by atoms with van der Waals surface area (Å²) < 4.78 is 3.72. The Morgan fingerprint density at radius 3 is 3.05 bits per heavy atom. The second kappa shape index (κ2) is 5.25. The molecule has 0 aromatic carbocycles. The van der Waals surface area contributed by atoms with Gasteiger partial charge in [0.2, 0.25) is 0 Å². The third kappa shape index (κ3) is 2.41. The fraction of sp³-hybridized carbons (Fsp3) is 0.364. The number of hydrogen-bond acceptors (Lipinski definition) is 7. The second-order valence-corrected chi connectivity index (χ2v) is 6.05. The van der Waals surface area contributed by atoms with E-state index >= 15 is 0 Å². The Kier molecular flexibility index (Phi) is 3.45. The van der Waals surface area contributed by atoms with E-state index in [9.17, 15) is 9.59 Å². The SMILES string of the molecule is Cc1nnsc1C(=O)Nc1nc2c(s1)C(=O)NCCC2. The predicted molar refractivity (Wildman–Crippen MR) is 75.4 cm³/mol. The van der Waals surface area contributed by atoms with Gasteiger partial charge in [-0.05, 0) is 31.3 Å². The van der Waals surface area contributed by atoms with Crippen LogP contribution in [0.5, 0.6) is 0 Å². The first-order valence-electron chi connectivity index (χ1n) is 6.03. The molecule has 2 amide bonds. The minimum absolute atomic E-state index is 0.119. The van der Waals surface area contributed by atoms with E-state index in [0.29, 0.717) is 27.1 Å². The Hall–Kier alpha value is -1.87. The molecule has 20 heavy (non-hydrogen) atoms. The molecule has 1 aliphatic heterocycles. The minimum Gasteiger partial charge on any atom is -0.351 e. The molecule has 3 heterocycles. The van der Waals surface area contributed by atoms with Crippen LogP contribution >= 0.6 is 22.9 Å². The van der Waals surface area contributed by atoms with Crippen molar-refractivity contribution < 1.29 is 9.59 Å². The third-order valence-electron chi connectivity index (χ3n) is 2.86. The number of nitrogens with one attached hydrogen (secondary N) is 2. The maximum atomic E-state index is 12.0. The molecule has 0 fully saturated rings. The molecule has 1 aliphatic rings. The number of anilines is 1. The molecule has 0 atom stereocenters. The lowest BCUT2D eigenvalue weighted by molar-refractivity contribution is 0.0958. The van der Waals surface area contributed by atoms with E-state index in [2.05, 4.69) is 25.2 Å². The zero-order chi connectivity index (χ0) is 14.1. The summed E-state index contributed by atoms with van der Waals surface area (Å²) in [5.41, 5.74) is 1.34. The van der Waals surface area contributed by atoms with Crippen LogP contribution in [0.3, 0.4) is 0 Å². The predicted octanol–water partition coefficient (Wildman–Crippen LogP) is 1.23. The van der Waals surface area contributed by atoms with Crippen LogP contribution in [0, 0.1) is 6.92 Å². The zero-order valence-electron chi connectivity index (χ0n) is 10.6. The van der Waals surface area contributed by atoms with Gasteiger partial charge in [0.05, 0.1) is 11.4 Å². The van der Waals surface area contributed by atoms with Crippen molar-refractivity contribution >= 4 is 39.8 Å². The summed E-state index contributed by atoms with van der Waals surface area (Å²) in [6.07, 6.45) is 1.59. The van der Waals surface area contributed by atoms with Crippen LogP contribution in [0.1, 0.15) is 37.2 Å². The number of thiazole rings is 1. The van der Waals surface area contributed by atoms with Crippen LogP contribution in [0.25, 0.3) is 0 Å². The van der Waals surface area contributed by atoms with Crippen molar-refractivity contribution in [3.63, 3.8) is 0 Å². The fourth-order valence-electron chi connectivity index (χ4n) is 1.88. The lowest BCUT2D eigenvalue weighted by Gasteiger charge is -1.99. The van der Waals surface area contributed by atoms with Crippen molar-refractivity contribution in [1.82, 2.24) is 19.9 Å². The molecule has 0 spiro atoms. The van der Waals surface area contributed by atoms with E-state index in [1.165, 1.54) is 11.3 Å². The second-order valence-electron chi connectivity index (χ2n) is 4.30. The highest BCUT2D eigenvalue weighted by molar-refractivity contribution is 7.18. The summed E-state index contributed by atoms with van der Waals surface area (Å²) >= 11 is 2.24. The van der Waals surface area contributed by atoms with Gasteiger partial charge >= 0.3 is 0 Å². The number of aryl methyl sites for hydroxylation is 2. The highest BCUT2D eigenvalue weighted by Crippen LogP contribution is 2.26. The van der Waals surface area contributed by atoms with E-state index in [1.807, 2.05) is 0 Å². The number of amides is 2. The first-order chi connectivity index (χ1) is 9.65. The molecule has 3 rings (SSSR count). The molecular weight excluding hydrogens is 298 g/mol. The van der Waals surface area contributed by atoms with Crippen LogP contribution in [0.2, 0.25) is 0 Å². The summed E-state index contributed by atoms with van der Waals surface area (Å²) in [7, 11) is 0. The lowest BCUT2D eigenvalue weighted by Crippen LogP contribution is -2.21. The van der Waals surface area contributed by atoms with Gasteiger partial charge in [-0.3, -0.25) is 14.9 Å². The lowest BCUT2D eigenvalue weighted by atomic mass is 10.2. The molecule has 2 aromatic heterocycles. The van der Waals surface area contributed by atoms with E-state index in [1.54, 1.807) is 6.92 Å². The standard InChI is InChI=1S/C11H11N5O2S2/c1-5-7(20-16-15-5)10(18)14-11-13-6-3-2-4-12-9(17)8(6)19-11/h2-4H2,1H3,(H,12,17)(H,13,14,18). The summed E-state index contributed by atoms with van der Waals surface area (Å²) in [5, 5.41) is 9.74. The maximum Gasteiger partial charge on any atom is 0.271 e. The molecule has 0 bridgehead atoms. The number of rotatable bonds is 2. The monoisotopic (exact) mass is 309 g/mol. The van der Waals surface area contributed by atoms with E-state index in [0.717, 1.165) is 30.1 Å². The highest BCUT2D eigenvalue weighted by atomic mass is 32.1. The Bertz CT molecular complexity index is 678. The van der Waals surface area contributed by atoms with Crippen molar-refractivity contribution in [3.05, 3.63) is 21.1 Å². The molecule has 2 aromatic rings. The van der Waals surface area contributed by atoms with Gasteiger partial charge in [-0.15, -0.1) is 5.10 Å². The molecule has 0 saturated carbocycles. The van der Waals surface area contributed by atoms with Gasteiger partial charge in [0.15, 0.2) is 5.13 Å². The number of fused-ring (bicyclic) bond motifs is 1. The largest absolute Gasteiger partial charge is 0.351 e. The van der Waals surface area contributed by atoms with Gasteiger partial charge in [0.1, 0.15) is 9.75 Å². The average molecular weight is 309 g/mol. The quantitative estimate of drug-likeness (QED) is 0.869. The first kappa shape index (κ1) is 13.1. The van der Waals surface area contributed by atoms with Crippen molar-refractivity contribution in [2.24, 2.45) is 0 Å². The van der Waals surface area contributed by atoms with Crippen LogP contribution in [-0.4, -0.2) is 32.9 Å². The Labute approximate surface area is 122 Å². The number of aromatic nitrogens is 3. The Balaban J connectivity index is 1.82. The minimum atomic E-state index is -0.290. The summed E-state index contributed by atoms with van der Waals surface area (Å²) in [6.45, 7) is 2.39. The summed E-state index contributed by atoms with van der Waals surface area (Å²) in [5.74, 6) is -0.409. The van der Waals surface area contributed by atoms with Crippen LogP contribution in [0.4, 0.5) is 5.13 Å². The van der Waals surface area contributed by atoms with Gasteiger partial charge in [0.25, 0.3) is 11.8 Å². The van der Waals surface area contributed by atoms with Crippen molar-refractivity contribution in [2.75, 3.05) is 11.9 Å². The van der Waals surface area contributed by atoms with Crippen LogP contribution in [0.15, 0.2) is 0 Å². The molecule has 0 saturated heterocycles. The van der Waals surface area contributed by atoms with Crippen molar-refractivity contribution in [3.8, 4) is 0 Å². The molecule has 9 heteroatoms. The topological polar surface area (TPSA) is 96.9 Å². The number of carbonyl (C=O) groups excluding carboxylic acids is 2.